The van der Waals surface area contributed by atoms with Crippen molar-refractivity contribution in [1.29, 1.82) is 0 Å². The van der Waals surface area contributed by atoms with Crippen LogP contribution in [-0.2, 0) is 4.74 Å². The fourth-order valence-electron chi connectivity index (χ4n) is 2.31. The first-order chi connectivity index (χ1) is 7.97. The highest BCUT2D eigenvalue weighted by Gasteiger charge is 2.39. The van der Waals surface area contributed by atoms with Gasteiger partial charge in [0, 0.05) is 6.54 Å². The van der Waals surface area contributed by atoms with Crippen molar-refractivity contribution >= 4 is 0 Å². The van der Waals surface area contributed by atoms with Crippen molar-refractivity contribution in [1.82, 2.24) is 0 Å². The minimum absolute atomic E-state index is 0.00917. The maximum absolute atomic E-state index is 12.5. The lowest BCUT2D eigenvalue weighted by molar-refractivity contribution is -0.190. The molecule has 0 spiro atoms. The van der Waals surface area contributed by atoms with E-state index in [4.69, 9.17) is 10.5 Å². The average Bonchev–Trinajstić information content (AvgIpc) is 2.28. The van der Waals surface area contributed by atoms with Gasteiger partial charge in [0.25, 0.3) is 0 Å². The predicted molar refractivity (Wildman–Crippen MR) is 60.6 cm³/mol. The summed E-state index contributed by atoms with van der Waals surface area (Å²) in [6.07, 6.45) is 0.841. The van der Waals surface area contributed by atoms with Gasteiger partial charge in [-0.25, -0.2) is 0 Å². The number of alkyl halides is 3. The summed E-state index contributed by atoms with van der Waals surface area (Å²) in [6, 6.07) is 0. The van der Waals surface area contributed by atoms with E-state index in [0.29, 0.717) is 5.92 Å². The summed E-state index contributed by atoms with van der Waals surface area (Å²) in [5.74, 6) is -0.916. The Kier molecular flexibility index (Phi) is 5.73. The zero-order valence-corrected chi connectivity index (χ0v) is 10.3. The van der Waals surface area contributed by atoms with E-state index >= 15 is 0 Å². The summed E-state index contributed by atoms with van der Waals surface area (Å²) in [7, 11) is 0. The molecule has 0 amide bonds. The van der Waals surface area contributed by atoms with Crippen molar-refractivity contribution in [3.8, 4) is 0 Å². The molecule has 0 saturated heterocycles. The Morgan fingerprint density at radius 2 is 2.06 bits per heavy atom. The van der Waals surface area contributed by atoms with Crippen LogP contribution >= 0.6 is 0 Å². The van der Waals surface area contributed by atoms with Crippen LogP contribution in [0.2, 0.25) is 0 Å². The topological polar surface area (TPSA) is 35.2 Å². The maximum Gasteiger partial charge on any atom is 0.395 e. The fraction of sp³-hybridized carbons (Fsp3) is 1.00. The summed E-state index contributed by atoms with van der Waals surface area (Å²) >= 11 is 0. The third kappa shape index (κ3) is 4.84. The molecule has 3 unspecified atom stereocenters. The first kappa shape index (κ1) is 14.8. The Morgan fingerprint density at radius 1 is 1.35 bits per heavy atom. The van der Waals surface area contributed by atoms with Gasteiger partial charge < -0.3 is 10.5 Å². The van der Waals surface area contributed by atoms with Crippen LogP contribution in [0.3, 0.4) is 0 Å². The van der Waals surface area contributed by atoms with Gasteiger partial charge in [-0.05, 0) is 18.8 Å². The highest BCUT2D eigenvalue weighted by atomic mass is 19.4. The molecule has 2 nitrogen and oxygen atoms in total. The van der Waals surface area contributed by atoms with Gasteiger partial charge in [0.05, 0.1) is 18.6 Å². The summed E-state index contributed by atoms with van der Waals surface area (Å²) < 4.78 is 42.8. The maximum atomic E-state index is 12.5. The molecule has 2 N–H and O–H groups in total. The SMILES string of the molecule is CCC1CCCC(OCC(CN)C(F)(F)F)C1. The molecular formula is C12H22F3NO. The number of ether oxygens (including phenoxy) is 1. The Balaban J connectivity index is 2.34. The molecule has 102 valence electrons. The van der Waals surface area contributed by atoms with E-state index in [2.05, 4.69) is 6.92 Å². The first-order valence-electron chi connectivity index (χ1n) is 6.35. The van der Waals surface area contributed by atoms with Crippen molar-refractivity contribution in [2.24, 2.45) is 17.6 Å². The van der Waals surface area contributed by atoms with Crippen molar-refractivity contribution in [2.45, 2.75) is 51.3 Å². The average molecular weight is 253 g/mol. The lowest BCUT2D eigenvalue weighted by Gasteiger charge is -2.30. The van der Waals surface area contributed by atoms with Crippen molar-refractivity contribution < 1.29 is 17.9 Å². The molecule has 0 aliphatic heterocycles. The summed E-state index contributed by atoms with van der Waals surface area (Å²) in [6.45, 7) is 1.43. The predicted octanol–water partition coefficient (Wildman–Crippen LogP) is 3.11. The van der Waals surface area contributed by atoms with E-state index in [-0.39, 0.29) is 12.7 Å². The minimum Gasteiger partial charge on any atom is -0.378 e. The van der Waals surface area contributed by atoms with Gasteiger partial charge in [0.15, 0.2) is 0 Å². The standard InChI is InChI=1S/C12H22F3NO/c1-2-9-4-3-5-11(6-9)17-8-10(7-16)12(13,14)15/h9-11H,2-8,16H2,1H3. The zero-order valence-electron chi connectivity index (χ0n) is 10.3. The largest absolute Gasteiger partial charge is 0.395 e. The molecule has 0 aromatic carbocycles. The zero-order chi connectivity index (χ0) is 12.9. The van der Waals surface area contributed by atoms with Gasteiger partial charge >= 0.3 is 6.18 Å². The van der Waals surface area contributed by atoms with Crippen molar-refractivity contribution in [3.05, 3.63) is 0 Å². The molecule has 5 heteroatoms. The number of rotatable bonds is 5. The van der Waals surface area contributed by atoms with Crippen LogP contribution in [0.25, 0.3) is 0 Å². The smallest absolute Gasteiger partial charge is 0.378 e. The third-order valence-electron chi connectivity index (χ3n) is 3.59. The van der Waals surface area contributed by atoms with E-state index < -0.39 is 18.6 Å². The summed E-state index contributed by atoms with van der Waals surface area (Å²) in [5, 5.41) is 0. The van der Waals surface area contributed by atoms with Gasteiger partial charge in [-0.3, -0.25) is 0 Å². The lowest BCUT2D eigenvalue weighted by Crippen LogP contribution is -2.36. The van der Waals surface area contributed by atoms with E-state index in [0.717, 1.165) is 25.7 Å². The molecular weight excluding hydrogens is 231 g/mol. The molecule has 0 radical (unpaired) electrons. The Bertz CT molecular complexity index is 220. The van der Waals surface area contributed by atoms with Crippen LogP contribution in [0.5, 0.6) is 0 Å². The van der Waals surface area contributed by atoms with E-state index in [1.54, 1.807) is 0 Å². The highest BCUT2D eigenvalue weighted by molar-refractivity contribution is 4.74. The van der Waals surface area contributed by atoms with E-state index in [1.165, 1.54) is 6.42 Å². The van der Waals surface area contributed by atoms with Crippen LogP contribution in [-0.4, -0.2) is 25.4 Å². The van der Waals surface area contributed by atoms with Gasteiger partial charge in [0.2, 0.25) is 0 Å². The van der Waals surface area contributed by atoms with Crippen molar-refractivity contribution in [2.75, 3.05) is 13.2 Å². The summed E-state index contributed by atoms with van der Waals surface area (Å²) in [4.78, 5) is 0. The van der Waals surface area contributed by atoms with Gasteiger partial charge in [-0.15, -0.1) is 0 Å². The fourth-order valence-corrected chi connectivity index (χ4v) is 2.31. The summed E-state index contributed by atoms with van der Waals surface area (Å²) in [5.41, 5.74) is 5.13. The molecule has 0 heterocycles. The van der Waals surface area contributed by atoms with Crippen LogP contribution < -0.4 is 5.73 Å². The Labute approximate surface area is 101 Å². The number of nitrogens with two attached hydrogens (primary N) is 1. The molecule has 0 aromatic rings. The molecule has 1 fully saturated rings. The normalized spacial score (nSPS) is 28.1. The van der Waals surface area contributed by atoms with Gasteiger partial charge in [-0.1, -0.05) is 26.2 Å². The number of halogens is 3. The second kappa shape index (κ2) is 6.59. The first-order valence-corrected chi connectivity index (χ1v) is 6.35. The third-order valence-corrected chi connectivity index (χ3v) is 3.59. The quantitative estimate of drug-likeness (QED) is 0.817. The Hall–Kier alpha value is -0.290. The molecule has 1 aliphatic carbocycles. The van der Waals surface area contributed by atoms with Crippen LogP contribution in [0.4, 0.5) is 13.2 Å². The van der Waals surface area contributed by atoms with Gasteiger partial charge in [0.1, 0.15) is 0 Å². The van der Waals surface area contributed by atoms with E-state index in [1.807, 2.05) is 0 Å². The minimum atomic E-state index is -4.24. The molecule has 1 rings (SSSR count). The van der Waals surface area contributed by atoms with Crippen LogP contribution in [0, 0.1) is 11.8 Å². The molecule has 3 atom stereocenters. The number of hydrogen-bond donors (Lipinski definition) is 1. The van der Waals surface area contributed by atoms with Crippen LogP contribution in [0.1, 0.15) is 39.0 Å². The number of hydrogen-bond acceptors (Lipinski definition) is 2. The highest BCUT2D eigenvalue weighted by Crippen LogP contribution is 2.30. The molecule has 0 aromatic heterocycles. The monoisotopic (exact) mass is 253 g/mol. The molecule has 1 saturated carbocycles. The van der Waals surface area contributed by atoms with E-state index in [9.17, 15) is 13.2 Å². The molecule has 17 heavy (non-hydrogen) atoms. The molecule has 0 bridgehead atoms. The Morgan fingerprint density at radius 3 is 2.59 bits per heavy atom. The van der Waals surface area contributed by atoms with Gasteiger partial charge in [-0.2, -0.15) is 13.2 Å². The second-order valence-electron chi connectivity index (χ2n) is 4.87. The van der Waals surface area contributed by atoms with Crippen molar-refractivity contribution in [3.63, 3.8) is 0 Å². The molecule has 1 aliphatic rings. The second-order valence-corrected chi connectivity index (χ2v) is 4.87. The van der Waals surface area contributed by atoms with Crippen LogP contribution in [0.15, 0.2) is 0 Å². The lowest BCUT2D eigenvalue weighted by atomic mass is 9.85.